The molecule has 1 aromatic heterocycles. The number of nitrogens with one attached hydrogen (secondary N) is 1. The second-order valence-corrected chi connectivity index (χ2v) is 2.88. The molecule has 0 saturated carbocycles. The molecule has 1 nitrogen and oxygen atoms in total. The highest BCUT2D eigenvalue weighted by Crippen LogP contribution is 2.19. The Hall–Kier alpha value is -1.75. The summed E-state index contributed by atoms with van der Waals surface area (Å²) in [6, 6.07) is 4.65. The van der Waals surface area contributed by atoms with E-state index in [0.717, 1.165) is 16.5 Å². The van der Waals surface area contributed by atoms with Crippen LogP contribution in [-0.2, 0) is 6.42 Å². The van der Waals surface area contributed by atoms with Crippen molar-refractivity contribution in [2.75, 3.05) is 0 Å². The molecule has 0 aliphatic carbocycles. The number of terminal acetylenes is 1. The second-order valence-electron chi connectivity index (χ2n) is 2.88. The first kappa shape index (κ1) is 7.88. The van der Waals surface area contributed by atoms with E-state index in [-0.39, 0.29) is 7.24 Å². The summed E-state index contributed by atoms with van der Waals surface area (Å²) < 4.78 is 12.8. The van der Waals surface area contributed by atoms with Crippen molar-refractivity contribution in [2.24, 2.45) is 0 Å². The zero-order valence-corrected chi connectivity index (χ0v) is 6.97. The molecule has 2 heteroatoms. The molecule has 1 N–H and O–H groups in total. The van der Waals surface area contributed by atoms with Gasteiger partial charge in [0, 0.05) is 24.9 Å². The van der Waals surface area contributed by atoms with Gasteiger partial charge in [0.25, 0.3) is 0 Å². The molecule has 0 saturated heterocycles. The molecular formula is C11H10FN. The lowest BCUT2D eigenvalue weighted by molar-refractivity contribution is 0.629. The number of hydrogen-bond donors (Lipinski definition) is 1. The van der Waals surface area contributed by atoms with Crippen LogP contribution in [0.25, 0.3) is 10.9 Å². The number of aromatic nitrogens is 1. The predicted octanol–water partition coefficient (Wildman–Crippen LogP) is 2.73. The molecule has 2 rings (SSSR count). The molecule has 1 heterocycles. The highest BCUT2D eigenvalue weighted by molar-refractivity contribution is 5.83. The van der Waals surface area contributed by atoms with E-state index in [0.29, 0.717) is 6.42 Å². The molecule has 0 amide bonds. The van der Waals surface area contributed by atoms with Gasteiger partial charge in [-0.25, -0.2) is 4.39 Å². The molecule has 0 bridgehead atoms. The lowest BCUT2D eigenvalue weighted by atomic mass is 10.1. The maximum Gasteiger partial charge on any atom is 0.125 e. The second kappa shape index (κ2) is 2.95. The van der Waals surface area contributed by atoms with E-state index >= 15 is 0 Å². The first-order valence-electron chi connectivity index (χ1n) is 4.00. The Morgan fingerprint density at radius 3 is 3.15 bits per heavy atom. The summed E-state index contributed by atoms with van der Waals surface area (Å²) in [5.41, 5.74) is 1.84. The molecule has 1 aromatic carbocycles. The van der Waals surface area contributed by atoms with Crippen LogP contribution in [0, 0.1) is 18.2 Å². The van der Waals surface area contributed by atoms with Gasteiger partial charge in [-0.05, 0) is 23.8 Å². The molecule has 2 aromatic rings. The summed E-state index contributed by atoms with van der Waals surface area (Å²) in [4.78, 5) is 2.98. The van der Waals surface area contributed by atoms with Gasteiger partial charge in [0.05, 0.1) is 0 Å². The van der Waals surface area contributed by atoms with Crippen molar-refractivity contribution in [3.63, 3.8) is 0 Å². The first-order valence-corrected chi connectivity index (χ1v) is 4.00. The smallest absolute Gasteiger partial charge is 0.125 e. The largest absolute Gasteiger partial charge is 0.361 e. The number of fused-ring (bicyclic) bond motifs is 1. The fourth-order valence-electron chi connectivity index (χ4n) is 1.41. The van der Waals surface area contributed by atoms with Gasteiger partial charge in [-0.2, -0.15) is 0 Å². The van der Waals surface area contributed by atoms with Crippen molar-refractivity contribution in [1.29, 1.82) is 0 Å². The summed E-state index contributed by atoms with van der Waals surface area (Å²) in [7, 11) is 0. The minimum Gasteiger partial charge on any atom is -0.361 e. The molecule has 0 spiro atoms. The van der Waals surface area contributed by atoms with Crippen LogP contribution in [0.15, 0.2) is 24.4 Å². The van der Waals surface area contributed by atoms with E-state index in [1.807, 2.05) is 6.20 Å². The molecule has 0 aliphatic rings. The molecule has 0 aliphatic heterocycles. The SMILES string of the molecule is C#CCc1c[nH]c2cc(F)ccc12.[HH]. The molecule has 13 heavy (non-hydrogen) atoms. The van der Waals surface area contributed by atoms with Gasteiger partial charge in [0.15, 0.2) is 0 Å². The Balaban J connectivity index is 0.000000980. The average molecular weight is 175 g/mol. The minimum absolute atomic E-state index is 0. The van der Waals surface area contributed by atoms with Gasteiger partial charge in [0.1, 0.15) is 5.82 Å². The maximum absolute atomic E-state index is 12.8. The van der Waals surface area contributed by atoms with E-state index in [4.69, 9.17) is 6.42 Å². The molecule has 0 atom stereocenters. The number of benzene rings is 1. The van der Waals surface area contributed by atoms with Crippen molar-refractivity contribution in [3.05, 3.63) is 35.8 Å². The summed E-state index contributed by atoms with van der Waals surface area (Å²) >= 11 is 0. The number of hydrogen-bond acceptors (Lipinski definition) is 0. The summed E-state index contributed by atoms with van der Waals surface area (Å²) in [5, 5.41) is 0.999. The summed E-state index contributed by atoms with van der Waals surface area (Å²) in [6.07, 6.45) is 7.60. The lowest BCUT2D eigenvalue weighted by Gasteiger charge is -1.92. The highest BCUT2D eigenvalue weighted by atomic mass is 19.1. The van der Waals surface area contributed by atoms with Gasteiger partial charge in [-0.1, -0.05) is 0 Å². The molecular weight excluding hydrogens is 165 g/mol. The van der Waals surface area contributed by atoms with E-state index in [1.54, 1.807) is 6.07 Å². The molecule has 0 radical (unpaired) electrons. The average Bonchev–Trinajstić information content (AvgIpc) is 2.49. The Bertz CT molecular complexity index is 481. The first-order chi connectivity index (χ1) is 6.31. The normalized spacial score (nSPS) is 10.2. The lowest BCUT2D eigenvalue weighted by Crippen LogP contribution is -1.77. The third-order valence-electron chi connectivity index (χ3n) is 2.02. The van der Waals surface area contributed by atoms with Gasteiger partial charge in [-0.15, -0.1) is 12.3 Å². The van der Waals surface area contributed by atoms with Gasteiger partial charge in [-0.3, -0.25) is 0 Å². The van der Waals surface area contributed by atoms with Crippen molar-refractivity contribution in [2.45, 2.75) is 6.42 Å². The van der Waals surface area contributed by atoms with Crippen LogP contribution in [-0.4, -0.2) is 4.98 Å². The van der Waals surface area contributed by atoms with Crippen LogP contribution < -0.4 is 0 Å². The molecule has 66 valence electrons. The Kier molecular flexibility index (Phi) is 1.79. The van der Waals surface area contributed by atoms with Gasteiger partial charge < -0.3 is 4.98 Å². The number of rotatable bonds is 1. The van der Waals surface area contributed by atoms with Gasteiger partial charge in [0.2, 0.25) is 0 Å². The van der Waals surface area contributed by atoms with Crippen molar-refractivity contribution >= 4 is 10.9 Å². The van der Waals surface area contributed by atoms with Crippen molar-refractivity contribution < 1.29 is 5.82 Å². The highest BCUT2D eigenvalue weighted by Gasteiger charge is 2.02. The van der Waals surface area contributed by atoms with Crippen LogP contribution in [0.1, 0.15) is 6.99 Å². The predicted molar refractivity (Wildman–Crippen MR) is 52.9 cm³/mol. The topological polar surface area (TPSA) is 15.8 Å². The standard InChI is InChI=1S/C11H8FN.H2/c1-2-3-8-7-13-11-6-9(12)4-5-10(8)11;/h1,4-7,13H,3H2;1H. The van der Waals surface area contributed by atoms with E-state index in [1.165, 1.54) is 12.1 Å². The van der Waals surface area contributed by atoms with Gasteiger partial charge >= 0.3 is 0 Å². The van der Waals surface area contributed by atoms with Crippen LogP contribution >= 0.6 is 0 Å². The quantitative estimate of drug-likeness (QED) is 0.641. The number of aromatic amines is 1. The van der Waals surface area contributed by atoms with Crippen LogP contribution in [0.5, 0.6) is 0 Å². The zero-order chi connectivity index (χ0) is 9.26. The minimum atomic E-state index is -0.235. The number of halogens is 1. The van der Waals surface area contributed by atoms with E-state index < -0.39 is 0 Å². The summed E-state index contributed by atoms with van der Waals surface area (Å²) in [5.74, 6) is 2.33. The van der Waals surface area contributed by atoms with Crippen molar-refractivity contribution in [3.8, 4) is 12.3 Å². The Labute approximate surface area is 77.1 Å². The van der Waals surface area contributed by atoms with Crippen LogP contribution in [0.2, 0.25) is 0 Å². The van der Waals surface area contributed by atoms with Crippen LogP contribution in [0.3, 0.4) is 0 Å². The third-order valence-corrected chi connectivity index (χ3v) is 2.02. The van der Waals surface area contributed by atoms with Crippen LogP contribution in [0.4, 0.5) is 4.39 Å². The fraction of sp³-hybridized carbons (Fsp3) is 0.0909. The van der Waals surface area contributed by atoms with E-state index in [9.17, 15) is 4.39 Å². The fourth-order valence-corrected chi connectivity index (χ4v) is 1.41. The Morgan fingerprint density at radius 2 is 2.38 bits per heavy atom. The van der Waals surface area contributed by atoms with Crippen molar-refractivity contribution in [1.82, 2.24) is 4.98 Å². The van der Waals surface area contributed by atoms with E-state index in [2.05, 4.69) is 10.9 Å². The zero-order valence-electron chi connectivity index (χ0n) is 6.97. The molecule has 0 fully saturated rings. The third kappa shape index (κ3) is 1.29. The maximum atomic E-state index is 12.8. The molecule has 0 unspecified atom stereocenters. The summed E-state index contributed by atoms with van der Waals surface area (Å²) in [6.45, 7) is 0. The number of H-pyrrole nitrogens is 1. The monoisotopic (exact) mass is 175 g/mol. The Morgan fingerprint density at radius 1 is 1.54 bits per heavy atom.